The van der Waals surface area contributed by atoms with Gasteiger partial charge in [-0.05, 0) is 34.0 Å². The number of hydrogen-bond donors (Lipinski definition) is 2. The molecule has 15 heavy (non-hydrogen) atoms. The number of anilines is 1. The van der Waals surface area contributed by atoms with Gasteiger partial charge in [0.2, 0.25) is 5.91 Å². The van der Waals surface area contributed by atoms with Gasteiger partial charge in [-0.2, -0.15) is 0 Å². The Balaban J connectivity index is 2.84. The summed E-state index contributed by atoms with van der Waals surface area (Å²) in [6.07, 6.45) is 0. The van der Waals surface area contributed by atoms with Crippen molar-refractivity contribution in [3.05, 3.63) is 28.7 Å². The number of benzene rings is 1. The van der Waals surface area contributed by atoms with Crippen LogP contribution >= 0.6 is 15.9 Å². The van der Waals surface area contributed by atoms with Crippen LogP contribution in [0.25, 0.3) is 0 Å². The van der Waals surface area contributed by atoms with Crippen molar-refractivity contribution in [2.45, 2.75) is 19.9 Å². The number of primary amides is 1. The van der Waals surface area contributed by atoms with Crippen molar-refractivity contribution < 1.29 is 4.79 Å². The Kier molecular flexibility index (Phi) is 4.15. The van der Waals surface area contributed by atoms with Crippen LogP contribution in [-0.2, 0) is 4.79 Å². The minimum Gasteiger partial charge on any atom is -0.373 e. The number of carbonyl (C=O) groups excluding carboxylic acids is 1. The number of para-hydroxylation sites is 1. The van der Waals surface area contributed by atoms with Gasteiger partial charge in [-0.25, -0.2) is 0 Å². The molecule has 0 saturated carbocycles. The van der Waals surface area contributed by atoms with Gasteiger partial charge in [0.1, 0.15) is 6.04 Å². The number of rotatable bonds is 4. The van der Waals surface area contributed by atoms with Gasteiger partial charge in [0, 0.05) is 10.2 Å². The van der Waals surface area contributed by atoms with Crippen LogP contribution in [0.1, 0.15) is 13.8 Å². The predicted molar refractivity (Wildman–Crippen MR) is 65.6 cm³/mol. The molecule has 1 amide bonds. The van der Waals surface area contributed by atoms with Crippen LogP contribution in [0.3, 0.4) is 0 Å². The second-order valence-corrected chi connectivity index (χ2v) is 4.60. The number of nitrogens with one attached hydrogen (secondary N) is 1. The molecular weight excluding hydrogens is 256 g/mol. The molecule has 0 fully saturated rings. The molecule has 1 rings (SSSR count). The third-order valence-corrected chi connectivity index (χ3v) is 2.85. The molecule has 0 aliphatic carbocycles. The van der Waals surface area contributed by atoms with E-state index in [9.17, 15) is 4.79 Å². The Bertz CT molecular complexity index is 352. The zero-order chi connectivity index (χ0) is 11.4. The van der Waals surface area contributed by atoms with Crippen LogP contribution in [0.5, 0.6) is 0 Å². The van der Waals surface area contributed by atoms with E-state index >= 15 is 0 Å². The summed E-state index contributed by atoms with van der Waals surface area (Å²) in [7, 11) is 0. The van der Waals surface area contributed by atoms with E-state index in [1.807, 2.05) is 38.1 Å². The molecule has 3 nitrogen and oxygen atoms in total. The normalized spacial score (nSPS) is 12.5. The molecule has 4 heteroatoms. The van der Waals surface area contributed by atoms with Gasteiger partial charge in [-0.15, -0.1) is 0 Å². The fourth-order valence-electron chi connectivity index (χ4n) is 1.31. The first-order chi connectivity index (χ1) is 7.02. The molecule has 0 bridgehead atoms. The summed E-state index contributed by atoms with van der Waals surface area (Å²) in [6, 6.07) is 7.31. The second kappa shape index (κ2) is 5.16. The lowest BCUT2D eigenvalue weighted by Gasteiger charge is -2.20. The minimum absolute atomic E-state index is 0.162. The van der Waals surface area contributed by atoms with Crippen molar-refractivity contribution in [3.8, 4) is 0 Å². The van der Waals surface area contributed by atoms with Crippen molar-refractivity contribution in [1.29, 1.82) is 0 Å². The molecule has 1 aromatic carbocycles. The van der Waals surface area contributed by atoms with Crippen molar-refractivity contribution in [2.24, 2.45) is 11.7 Å². The first kappa shape index (κ1) is 12.0. The zero-order valence-electron chi connectivity index (χ0n) is 8.83. The second-order valence-electron chi connectivity index (χ2n) is 3.75. The highest BCUT2D eigenvalue weighted by Gasteiger charge is 2.19. The van der Waals surface area contributed by atoms with E-state index in [1.54, 1.807) is 0 Å². The van der Waals surface area contributed by atoms with Gasteiger partial charge < -0.3 is 11.1 Å². The lowest BCUT2D eigenvalue weighted by atomic mass is 10.0. The van der Waals surface area contributed by atoms with Gasteiger partial charge in [0.15, 0.2) is 0 Å². The van der Waals surface area contributed by atoms with Gasteiger partial charge in [-0.1, -0.05) is 26.0 Å². The van der Waals surface area contributed by atoms with Gasteiger partial charge in [0.05, 0.1) is 0 Å². The molecule has 0 aromatic heterocycles. The van der Waals surface area contributed by atoms with E-state index in [4.69, 9.17) is 5.73 Å². The topological polar surface area (TPSA) is 55.1 Å². The van der Waals surface area contributed by atoms with E-state index in [0.29, 0.717) is 0 Å². The maximum absolute atomic E-state index is 11.2. The maximum atomic E-state index is 11.2. The van der Waals surface area contributed by atoms with Crippen LogP contribution < -0.4 is 11.1 Å². The molecule has 0 saturated heterocycles. The van der Waals surface area contributed by atoms with E-state index < -0.39 is 0 Å². The standard InChI is InChI=1S/C11H15BrN2O/c1-7(2)10(11(13)15)14-9-6-4-3-5-8(9)12/h3-7,10,14H,1-2H3,(H2,13,15)/t10-/m0/s1. The summed E-state index contributed by atoms with van der Waals surface area (Å²) in [5.41, 5.74) is 6.20. The smallest absolute Gasteiger partial charge is 0.240 e. The third kappa shape index (κ3) is 3.23. The number of halogens is 1. The molecule has 0 aliphatic rings. The van der Waals surface area contributed by atoms with Crippen molar-refractivity contribution in [3.63, 3.8) is 0 Å². The van der Waals surface area contributed by atoms with Crippen molar-refractivity contribution in [1.82, 2.24) is 0 Å². The van der Waals surface area contributed by atoms with E-state index in [1.165, 1.54) is 0 Å². The van der Waals surface area contributed by atoms with Crippen molar-refractivity contribution in [2.75, 3.05) is 5.32 Å². The number of hydrogen-bond acceptors (Lipinski definition) is 2. The van der Waals surface area contributed by atoms with Crippen molar-refractivity contribution >= 4 is 27.5 Å². The SMILES string of the molecule is CC(C)[C@H](Nc1ccccc1Br)C(N)=O. The summed E-state index contributed by atoms with van der Waals surface area (Å²) in [5.74, 6) is -0.171. The average Bonchev–Trinajstić information content (AvgIpc) is 2.15. The number of nitrogens with two attached hydrogens (primary N) is 1. The Morgan fingerprint density at radius 2 is 2.00 bits per heavy atom. The van der Waals surface area contributed by atoms with Gasteiger partial charge >= 0.3 is 0 Å². The van der Waals surface area contributed by atoms with Gasteiger partial charge in [0.25, 0.3) is 0 Å². The highest BCUT2D eigenvalue weighted by atomic mass is 79.9. The first-order valence-electron chi connectivity index (χ1n) is 4.82. The summed E-state index contributed by atoms with van der Waals surface area (Å²) in [4.78, 5) is 11.2. The van der Waals surface area contributed by atoms with Crippen LogP contribution in [0, 0.1) is 5.92 Å². The quantitative estimate of drug-likeness (QED) is 0.883. The zero-order valence-corrected chi connectivity index (χ0v) is 10.4. The Morgan fingerprint density at radius 3 is 2.47 bits per heavy atom. The average molecular weight is 271 g/mol. The largest absolute Gasteiger partial charge is 0.373 e. The van der Waals surface area contributed by atoms with E-state index in [0.717, 1.165) is 10.2 Å². The fourth-order valence-corrected chi connectivity index (χ4v) is 1.71. The van der Waals surface area contributed by atoms with E-state index in [-0.39, 0.29) is 17.9 Å². The molecule has 82 valence electrons. The molecular formula is C11H15BrN2O. The number of amides is 1. The summed E-state index contributed by atoms with van der Waals surface area (Å²) in [5, 5.41) is 3.12. The lowest BCUT2D eigenvalue weighted by Crippen LogP contribution is -2.39. The highest BCUT2D eigenvalue weighted by Crippen LogP contribution is 2.23. The predicted octanol–water partition coefficient (Wildman–Crippen LogP) is 2.37. The maximum Gasteiger partial charge on any atom is 0.240 e. The van der Waals surface area contributed by atoms with E-state index in [2.05, 4.69) is 21.2 Å². The van der Waals surface area contributed by atoms with Crippen LogP contribution in [-0.4, -0.2) is 11.9 Å². The first-order valence-corrected chi connectivity index (χ1v) is 5.62. The van der Waals surface area contributed by atoms with Crippen LogP contribution in [0.4, 0.5) is 5.69 Å². The molecule has 1 aromatic rings. The minimum atomic E-state index is -0.344. The molecule has 0 spiro atoms. The monoisotopic (exact) mass is 270 g/mol. The molecule has 3 N–H and O–H groups in total. The highest BCUT2D eigenvalue weighted by molar-refractivity contribution is 9.10. The van der Waals surface area contributed by atoms with Gasteiger partial charge in [-0.3, -0.25) is 4.79 Å². The Hall–Kier alpha value is -1.03. The summed E-state index contributed by atoms with van der Waals surface area (Å²) in [6.45, 7) is 3.92. The fraction of sp³-hybridized carbons (Fsp3) is 0.364. The molecule has 0 aliphatic heterocycles. The number of carbonyl (C=O) groups is 1. The molecule has 1 atom stereocenters. The summed E-state index contributed by atoms with van der Waals surface area (Å²) < 4.78 is 0.928. The molecule has 0 radical (unpaired) electrons. The van der Waals surface area contributed by atoms with Crippen LogP contribution in [0.15, 0.2) is 28.7 Å². The Labute approximate surface area is 98.2 Å². The molecule has 0 heterocycles. The summed E-state index contributed by atoms with van der Waals surface area (Å²) >= 11 is 3.41. The van der Waals surface area contributed by atoms with Crippen LogP contribution in [0.2, 0.25) is 0 Å². The third-order valence-electron chi connectivity index (χ3n) is 2.16. The Morgan fingerprint density at radius 1 is 1.40 bits per heavy atom. The lowest BCUT2D eigenvalue weighted by molar-refractivity contribution is -0.119. The molecule has 0 unspecified atom stereocenters.